The summed E-state index contributed by atoms with van der Waals surface area (Å²) < 4.78 is 5.14. The summed E-state index contributed by atoms with van der Waals surface area (Å²) in [4.78, 5) is 22.9. The standard InChI is InChI=1S/C16H23NO4/c1-10-6-13(19)7-11(2)14(10)8-12(9-18)17-15(20)21-16(3,4)5/h6-7,9,12,19H,8H2,1-5H3,(H,17,20)/t12-/m1/s1. The lowest BCUT2D eigenvalue weighted by atomic mass is 9.96. The first kappa shape index (κ1) is 17.0. The zero-order valence-corrected chi connectivity index (χ0v) is 13.2. The molecule has 0 heterocycles. The van der Waals surface area contributed by atoms with Gasteiger partial charge in [-0.25, -0.2) is 4.79 Å². The lowest BCUT2D eigenvalue weighted by Gasteiger charge is -2.22. The molecule has 5 heteroatoms. The first-order chi connectivity index (χ1) is 9.62. The number of benzene rings is 1. The largest absolute Gasteiger partial charge is 0.508 e. The van der Waals surface area contributed by atoms with Gasteiger partial charge in [0, 0.05) is 6.42 Å². The van der Waals surface area contributed by atoms with Crippen LogP contribution in [0, 0.1) is 13.8 Å². The lowest BCUT2D eigenvalue weighted by Crippen LogP contribution is -2.41. The van der Waals surface area contributed by atoms with Crippen molar-refractivity contribution < 1.29 is 19.4 Å². The number of hydrogen-bond acceptors (Lipinski definition) is 4. The van der Waals surface area contributed by atoms with Crippen molar-refractivity contribution in [3.63, 3.8) is 0 Å². The molecule has 1 rings (SSSR count). The molecule has 1 atom stereocenters. The summed E-state index contributed by atoms with van der Waals surface area (Å²) in [6.45, 7) is 9.00. The maximum Gasteiger partial charge on any atom is 0.408 e. The summed E-state index contributed by atoms with van der Waals surface area (Å²) in [6.07, 6.45) is 0.435. The Bertz CT molecular complexity index is 509. The molecule has 0 unspecified atom stereocenters. The highest BCUT2D eigenvalue weighted by molar-refractivity contribution is 5.73. The third-order valence-electron chi connectivity index (χ3n) is 2.97. The smallest absolute Gasteiger partial charge is 0.408 e. The summed E-state index contributed by atoms with van der Waals surface area (Å²) in [5.41, 5.74) is 2.08. The number of alkyl carbamates (subject to hydrolysis) is 1. The van der Waals surface area contributed by atoms with Gasteiger partial charge in [-0.1, -0.05) is 0 Å². The Balaban J connectivity index is 2.80. The summed E-state index contributed by atoms with van der Waals surface area (Å²) in [5, 5.41) is 12.1. The summed E-state index contributed by atoms with van der Waals surface area (Å²) in [5.74, 6) is 0.191. The van der Waals surface area contributed by atoms with E-state index < -0.39 is 17.7 Å². The van der Waals surface area contributed by atoms with Crippen LogP contribution >= 0.6 is 0 Å². The molecule has 21 heavy (non-hydrogen) atoms. The van der Waals surface area contributed by atoms with Crippen molar-refractivity contribution in [1.29, 1.82) is 0 Å². The second-order valence-electron chi connectivity index (χ2n) is 6.15. The normalized spacial score (nSPS) is 12.6. The van der Waals surface area contributed by atoms with Crippen molar-refractivity contribution in [2.24, 2.45) is 0 Å². The molecule has 1 aromatic carbocycles. The van der Waals surface area contributed by atoms with E-state index in [-0.39, 0.29) is 5.75 Å². The average molecular weight is 293 g/mol. The van der Waals surface area contributed by atoms with E-state index >= 15 is 0 Å². The van der Waals surface area contributed by atoms with Gasteiger partial charge in [0.25, 0.3) is 0 Å². The minimum Gasteiger partial charge on any atom is -0.508 e. The van der Waals surface area contributed by atoms with E-state index in [0.717, 1.165) is 16.7 Å². The van der Waals surface area contributed by atoms with E-state index in [2.05, 4.69) is 5.32 Å². The van der Waals surface area contributed by atoms with Gasteiger partial charge in [0.15, 0.2) is 0 Å². The Hall–Kier alpha value is -2.04. The minimum absolute atomic E-state index is 0.191. The number of aryl methyl sites for hydroxylation is 2. The Morgan fingerprint density at radius 2 is 1.86 bits per heavy atom. The molecule has 0 aliphatic carbocycles. The first-order valence-corrected chi connectivity index (χ1v) is 6.86. The van der Waals surface area contributed by atoms with Crippen molar-refractivity contribution in [2.45, 2.75) is 52.7 Å². The lowest BCUT2D eigenvalue weighted by molar-refractivity contribution is -0.109. The van der Waals surface area contributed by atoms with Crippen molar-refractivity contribution in [2.75, 3.05) is 0 Å². The van der Waals surface area contributed by atoms with Crippen molar-refractivity contribution in [1.82, 2.24) is 5.32 Å². The number of phenolic OH excluding ortho intramolecular Hbond substituents is 1. The molecule has 2 N–H and O–H groups in total. The first-order valence-electron chi connectivity index (χ1n) is 6.86. The molecule has 1 aromatic rings. The molecule has 0 aliphatic heterocycles. The Morgan fingerprint density at radius 1 is 1.33 bits per heavy atom. The van der Waals surface area contributed by atoms with E-state index in [1.165, 1.54) is 0 Å². The van der Waals surface area contributed by atoms with Gasteiger partial charge < -0.3 is 20.0 Å². The van der Waals surface area contributed by atoms with E-state index in [1.54, 1.807) is 32.9 Å². The van der Waals surface area contributed by atoms with Crippen LogP contribution in [0.2, 0.25) is 0 Å². The number of carbonyl (C=O) groups is 2. The predicted octanol–water partition coefficient (Wildman–Crippen LogP) is 2.64. The molecule has 0 radical (unpaired) electrons. The van der Waals surface area contributed by atoms with Crippen LogP contribution in [-0.4, -0.2) is 29.1 Å². The van der Waals surface area contributed by atoms with Gasteiger partial charge in [-0.15, -0.1) is 0 Å². The molecule has 0 fully saturated rings. The van der Waals surface area contributed by atoms with E-state index in [4.69, 9.17) is 4.74 Å². The average Bonchev–Trinajstić information content (AvgIpc) is 2.29. The predicted molar refractivity (Wildman–Crippen MR) is 80.5 cm³/mol. The number of nitrogens with one attached hydrogen (secondary N) is 1. The number of hydrogen-bond donors (Lipinski definition) is 2. The van der Waals surface area contributed by atoms with Gasteiger partial charge in [-0.05, 0) is 63.4 Å². The minimum atomic E-state index is -0.665. The Labute approximate surface area is 125 Å². The van der Waals surface area contributed by atoms with E-state index in [9.17, 15) is 14.7 Å². The fraction of sp³-hybridized carbons (Fsp3) is 0.500. The summed E-state index contributed by atoms with van der Waals surface area (Å²) >= 11 is 0. The van der Waals surface area contributed by atoms with Gasteiger partial charge in [-0.2, -0.15) is 0 Å². The number of rotatable bonds is 4. The van der Waals surface area contributed by atoms with Crippen LogP contribution < -0.4 is 5.32 Å². The molecule has 0 saturated carbocycles. The zero-order chi connectivity index (χ0) is 16.2. The summed E-state index contributed by atoms with van der Waals surface area (Å²) in [6, 6.07) is 2.61. The van der Waals surface area contributed by atoms with Crippen molar-refractivity contribution in [3.8, 4) is 5.75 Å². The van der Waals surface area contributed by atoms with Crippen LogP contribution in [0.25, 0.3) is 0 Å². The molecule has 0 spiro atoms. The topological polar surface area (TPSA) is 75.6 Å². The Kier molecular flexibility index (Phi) is 5.35. The molecule has 116 valence electrons. The molecule has 0 bridgehead atoms. The van der Waals surface area contributed by atoms with Crippen molar-refractivity contribution in [3.05, 3.63) is 28.8 Å². The molecular formula is C16H23NO4. The third kappa shape index (κ3) is 5.45. The monoisotopic (exact) mass is 293 g/mol. The number of carbonyl (C=O) groups excluding carboxylic acids is 2. The SMILES string of the molecule is Cc1cc(O)cc(C)c1C[C@H](C=O)NC(=O)OC(C)(C)C. The highest BCUT2D eigenvalue weighted by Crippen LogP contribution is 2.21. The summed E-state index contributed by atoms with van der Waals surface area (Å²) in [7, 11) is 0. The molecule has 1 amide bonds. The molecule has 0 aromatic heterocycles. The van der Waals surface area contributed by atoms with Gasteiger partial charge in [0.2, 0.25) is 0 Å². The molecule has 5 nitrogen and oxygen atoms in total. The van der Waals surface area contributed by atoms with E-state index in [0.29, 0.717) is 12.7 Å². The van der Waals surface area contributed by atoms with Crippen LogP contribution in [0.15, 0.2) is 12.1 Å². The van der Waals surface area contributed by atoms with E-state index in [1.807, 2.05) is 13.8 Å². The van der Waals surface area contributed by atoms with Crippen LogP contribution in [0.5, 0.6) is 5.75 Å². The highest BCUT2D eigenvalue weighted by atomic mass is 16.6. The fourth-order valence-corrected chi connectivity index (χ4v) is 2.10. The highest BCUT2D eigenvalue weighted by Gasteiger charge is 2.20. The van der Waals surface area contributed by atoms with Crippen LogP contribution in [-0.2, 0) is 16.0 Å². The molecule has 0 saturated heterocycles. The van der Waals surface area contributed by atoms with Gasteiger partial charge in [0.05, 0.1) is 6.04 Å². The number of phenols is 1. The maximum atomic E-state index is 11.7. The quantitative estimate of drug-likeness (QED) is 0.837. The second kappa shape index (κ2) is 6.61. The zero-order valence-electron chi connectivity index (χ0n) is 13.2. The molecule has 0 aliphatic rings. The Morgan fingerprint density at radius 3 is 2.29 bits per heavy atom. The number of aldehydes is 1. The van der Waals surface area contributed by atoms with Crippen LogP contribution in [0.3, 0.4) is 0 Å². The second-order valence-corrected chi connectivity index (χ2v) is 6.15. The number of amides is 1. The number of aromatic hydroxyl groups is 1. The van der Waals surface area contributed by atoms with Gasteiger partial charge >= 0.3 is 6.09 Å². The van der Waals surface area contributed by atoms with Gasteiger partial charge in [0.1, 0.15) is 17.6 Å². The van der Waals surface area contributed by atoms with Crippen LogP contribution in [0.1, 0.15) is 37.5 Å². The maximum absolute atomic E-state index is 11.7. The molecular weight excluding hydrogens is 270 g/mol. The van der Waals surface area contributed by atoms with Gasteiger partial charge in [-0.3, -0.25) is 0 Å². The van der Waals surface area contributed by atoms with Crippen molar-refractivity contribution >= 4 is 12.4 Å². The fourth-order valence-electron chi connectivity index (χ4n) is 2.10. The third-order valence-corrected chi connectivity index (χ3v) is 2.97. The number of ether oxygens (including phenoxy) is 1. The van der Waals surface area contributed by atoms with Crippen LogP contribution in [0.4, 0.5) is 4.79 Å².